The molecule has 1 nitrogen and oxygen atoms in total. The van der Waals surface area contributed by atoms with Crippen LogP contribution in [0.5, 0.6) is 0 Å². The van der Waals surface area contributed by atoms with Gasteiger partial charge in [0.05, 0.1) is 0 Å². The van der Waals surface area contributed by atoms with E-state index in [1.54, 1.807) is 0 Å². The molecule has 0 saturated heterocycles. The SMILES string of the molecule is CCCCCNCCCCC(C)(C)C. The summed E-state index contributed by atoms with van der Waals surface area (Å²) in [5.41, 5.74) is 0.516. The highest BCUT2D eigenvalue weighted by molar-refractivity contribution is 4.61. The van der Waals surface area contributed by atoms with E-state index in [4.69, 9.17) is 0 Å². The topological polar surface area (TPSA) is 12.0 Å². The van der Waals surface area contributed by atoms with Crippen LogP contribution in [0.2, 0.25) is 0 Å². The van der Waals surface area contributed by atoms with Crippen molar-refractivity contribution < 1.29 is 0 Å². The van der Waals surface area contributed by atoms with Gasteiger partial charge in [-0.15, -0.1) is 0 Å². The number of unbranched alkanes of at least 4 members (excludes halogenated alkanes) is 3. The van der Waals surface area contributed by atoms with Crippen LogP contribution >= 0.6 is 0 Å². The van der Waals surface area contributed by atoms with Crippen molar-refractivity contribution in [3.8, 4) is 0 Å². The second-order valence-corrected chi connectivity index (χ2v) is 5.47. The van der Waals surface area contributed by atoms with Gasteiger partial charge in [-0.3, -0.25) is 0 Å². The summed E-state index contributed by atoms with van der Waals surface area (Å²) in [6, 6.07) is 0. The van der Waals surface area contributed by atoms with Crippen LogP contribution in [0.25, 0.3) is 0 Å². The summed E-state index contributed by atoms with van der Waals surface area (Å²) < 4.78 is 0. The molecule has 0 aromatic heterocycles. The number of hydrogen-bond acceptors (Lipinski definition) is 1. The molecule has 86 valence electrons. The van der Waals surface area contributed by atoms with E-state index < -0.39 is 0 Å². The van der Waals surface area contributed by atoms with Crippen molar-refractivity contribution in [3.63, 3.8) is 0 Å². The largest absolute Gasteiger partial charge is 0.317 e. The predicted molar refractivity (Wildman–Crippen MR) is 65.7 cm³/mol. The molecule has 0 radical (unpaired) electrons. The average molecular weight is 199 g/mol. The summed E-state index contributed by atoms with van der Waals surface area (Å²) in [5.74, 6) is 0. The van der Waals surface area contributed by atoms with Crippen LogP contribution in [0.15, 0.2) is 0 Å². The molecule has 0 aromatic rings. The molecule has 0 heterocycles. The third-order valence-corrected chi connectivity index (χ3v) is 2.49. The fourth-order valence-electron chi connectivity index (χ4n) is 1.53. The second kappa shape index (κ2) is 8.28. The Labute approximate surface area is 90.7 Å². The normalized spacial score (nSPS) is 12.0. The highest BCUT2D eigenvalue weighted by Gasteiger charge is 2.08. The number of nitrogens with one attached hydrogen (secondary N) is 1. The van der Waals surface area contributed by atoms with Gasteiger partial charge in [-0.2, -0.15) is 0 Å². The summed E-state index contributed by atoms with van der Waals surface area (Å²) in [6.07, 6.45) is 8.09. The Balaban J connectivity index is 2.99. The Hall–Kier alpha value is -0.0400. The first-order valence-electron chi connectivity index (χ1n) is 6.27. The fraction of sp³-hybridized carbons (Fsp3) is 1.00. The van der Waals surface area contributed by atoms with E-state index >= 15 is 0 Å². The van der Waals surface area contributed by atoms with E-state index in [9.17, 15) is 0 Å². The van der Waals surface area contributed by atoms with E-state index in [0.29, 0.717) is 5.41 Å². The molecule has 0 aliphatic rings. The molecule has 0 amide bonds. The van der Waals surface area contributed by atoms with Crippen molar-refractivity contribution in [1.29, 1.82) is 0 Å². The van der Waals surface area contributed by atoms with Crippen LogP contribution in [-0.4, -0.2) is 13.1 Å². The zero-order chi connectivity index (χ0) is 10.9. The Kier molecular flexibility index (Phi) is 8.26. The Bertz CT molecular complexity index is 113. The highest BCUT2D eigenvalue weighted by atomic mass is 14.8. The molecule has 0 fully saturated rings. The molecule has 0 bridgehead atoms. The van der Waals surface area contributed by atoms with Crippen molar-refractivity contribution in [2.45, 2.75) is 66.2 Å². The molecule has 0 spiro atoms. The first kappa shape index (κ1) is 14.0. The summed E-state index contributed by atoms with van der Waals surface area (Å²) in [7, 11) is 0. The lowest BCUT2D eigenvalue weighted by Crippen LogP contribution is -2.17. The van der Waals surface area contributed by atoms with Gasteiger partial charge in [-0.1, -0.05) is 47.0 Å². The number of rotatable bonds is 8. The molecule has 0 aliphatic carbocycles. The van der Waals surface area contributed by atoms with Gasteiger partial charge in [0.25, 0.3) is 0 Å². The molecule has 0 aromatic carbocycles. The lowest BCUT2D eigenvalue weighted by Gasteiger charge is -2.17. The molecule has 0 unspecified atom stereocenters. The van der Waals surface area contributed by atoms with E-state index in [-0.39, 0.29) is 0 Å². The Morgan fingerprint density at radius 3 is 1.93 bits per heavy atom. The van der Waals surface area contributed by atoms with Crippen molar-refractivity contribution in [2.75, 3.05) is 13.1 Å². The molecule has 0 aliphatic heterocycles. The molecule has 0 rings (SSSR count). The van der Waals surface area contributed by atoms with Gasteiger partial charge in [0.2, 0.25) is 0 Å². The van der Waals surface area contributed by atoms with Crippen LogP contribution in [-0.2, 0) is 0 Å². The van der Waals surface area contributed by atoms with Gasteiger partial charge in [-0.25, -0.2) is 0 Å². The standard InChI is InChI=1S/C13H29N/c1-5-6-8-11-14-12-9-7-10-13(2,3)4/h14H,5-12H2,1-4H3. The van der Waals surface area contributed by atoms with Gasteiger partial charge in [0, 0.05) is 0 Å². The maximum absolute atomic E-state index is 3.51. The van der Waals surface area contributed by atoms with Crippen molar-refractivity contribution in [3.05, 3.63) is 0 Å². The zero-order valence-electron chi connectivity index (χ0n) is 10.7. The third-order valence-electron chi connectivity index (χ3n) is 2.49. The van der Waals surface area contributed by atoms with Gasteiger partial charge in [0.1, 0.15) is 0 Å². The minimum atomic E-state index is 0.516. The van der Waals surface area contributed by atoms with Crippen molar-refractivity contribution >= 4 is 0 Å². The first-order valence-corrected chi connectivity index (χ1v) is 6.27. The summed E-state index contributed by atoms with van der Waals surface area (Å²) in [5, 5.41) is 3.51. The third kappa shape index (κ3) is 12.0. The molecule has 1 N–H and O–H groups in total. The minimum absolute atomic E-state index is 0.516. The molecule has 0 atom stereocenters. The highest BCUT2D eigenvalue weighted by Crippen LogP contribution is 2.20. The quantitative estimate of drug-likeness (QED) is 0.583. The van der Waals surface area contributed by atoms with Gasteiger partial charge in [-0.05, 0) is 37.8 Å². The summed E-state index contributed by atoms with van der Waals surface area (Å²) in [6.45, 7) is 11.6. The van der Waals surface area contributed by atoms with Gasteiger partial charge < -0.3 is 5.32 Å². The van der Waals surface area contributed by atoms with Crippen molar-refractivity contribution in [2.24, 2.45) is 5.41 Å². The van der Waals surface area contributed by atoms with E-state index in [0.717, 1.165) is 0 Å². The fourth-order valence-corrected chi connectivity index (χ4v) is 1.53. The summed E-state index contributed by atoms with van der Waals surface area (Å²) in [4.78, 5) is 0. The average Bonchev–Trinajstić information content (AvgIpc) is 2.08. The van der Waals surface area contributed by atoms with E-state index in [2.05, 4.69) is 33.0 Å². The Morgan fingerprint density at radius 1 is 0.857 bits per heavy atom. The minimum Gasteiger partial charge on any atom is -0.317 e. The predicted octanol–water partition coefficient (Wildman–Crippen LogP) is 3.98. The second-order valence-electron chi connectivity index (χ2n) is 5.47. The van der Waals surface area contributed by atoms with Crippen LogP contribution in [0, 0.1) is 5.41 Å². The van der Waals surface area contributed by atoms with Crippen LogP contribution < -0.4 is 5.32 Å². The zero-order valence-corrected chi connectivity index (χ0v) is 10.7. The number of hydrogen-bond donors (Lipinski definition) is 1. The molecule has 0 saturated carbocycles. The molecular formula is C13H29N. The lowest BCUT2D eigenvalue weighted by atomic mass is 9.90. The molecule has 1 heteroatoms. The van der Waals surface area contributed by atoms with Crippen LogP contribution in [0.4, 0.5) is 0 Å². The molecular weight excluding hydrogens is 170 g/mol. The lowest BCUT2D eigenvalue weighted by molar-refractivity contribution is 0.358. The monoisotopic (exact) mass is 199 g/mol. The summed E-state index contributed by atoms with van der Waals surface area (Å²) >= 11 is 0. The van der Waals surface area contributed by atoms with E-state index in [1.807, 2.05) is 0 Å². The molecule has 14 heavy (non-hydrogen) atoms. The van der Waals surface area contributed by atoms with Gasteiger partial charge in [0.15, 0.2) is 0 Å². The van der Waals surface area contributed by atoms with E-state index in [1.165, 1.54) is 51.6 Å². The van der Waals surface area contributed by atoms with Gasteiger partial charge >= 0.3 is 0 Å². The van der Waals surface area contributed by atoms with Crippen molar-refractivity contribution in [1.82, 2.24) is 5.32 Å². The smallest absolute Gasteiger partial charge is 0.00489 e. The first-order chi connectivity index (χ1) is 6.56. The van der Waals surface area contributed by atoms with Crippen LogP contribution in [0.3, 0.4) is 0 Å². The maximum atomic E-state index is 3.51. The maximum Gasteiger partial charge on any atom is -0.00489 e. The van der Waals surface area contributed by atoms with Crippen LogP contribution in [0.1, 0.15) is 66.2 Å². The Morgan fingerprint density at radius 2 is 1.43 bits per heavy atom.